The third-order valence-electron chi connectivity index (χ3n) is 3.33. The van der Waals surface area contributed by atoms with Crippen LogP contribution < -0.4 is 14.8 Å². The second-order valence-corrected chi connectivity index (χ2v) is 4.74. The number of hydrogen-bond acceptors (Lipinski definition) is 4. The van der Waals surface area contributed by atoms with Gasteiger partial charge in [-0.25, -0.2) is 0 Å². The molecule has 128 valence electrons. The Morgan fingerprint density at radius 2 is 1.79 bits per heavy atom. The standard InChI is InChI=1S/C16H15F3N2O3/c1-23-13-4-3-5-14(24-2)11(13)9-21-15(22)10-8-20-7-6-12(10)16(17,18)19/h3-8H,9H2,1-2H3,(H,21,22). The fourth-order valence-corrected chi connectivity index (χ4v) is 2.19. The molecule has 5 nitrogen and oxygen atoms in total. The summed E-state index contributed by atoms with van der Waals surface area (Å²) in [4.78, 5) is 15.7. The van der Waals surface area contributed by atoms with Gasteiger partial charge in [0.15, 0.2) is 0 Å². The van der Waals surface area contributed by atoms with Crippen LogP contribution in [0.1, 0.15) is 21.5 Å². The Hall–Kier alpha value is -2.77. The van der Waals surface area contributed by atoms with Gasteiger partial charge in [-0.05, 0) is 18.2 Å². The Morgan fingerprint density at radius 3 is 2.33 bits per heavy atom. The van der Waals surface area contributed by atoms with Crippen molar-refractivity contribution in [3.8, 4) is 11.5 Å². The van der Waals surface area contributed by atoms with Gasteiger partial charge in [0.2, 0.25) is 0 Å². The molecule has 0 aliphatic heterocycles. The van der Waals surface area contributed by atoms with E-state index in [0.29, 0.717) is 17.1 Å². The molecule has 24 heavy (non-hydrogen) atoms. The van der Waals surface area contributed by atoms with Gasteiger partial charge in [-0.1, -0.05) is 6.07 Å². The maximum atomic E-state index is 13.0. The van der Waals surface area contributed by atoms with E-state index < -0.39 is 23.2 Å². The van der Waals surface area contributed by atoms with Gasteiger partial charge in [0, 0.05) is 12.4 Å². The van der Waals surface area contributed by atoms with Gasteiger partial charge in [-0.15, -0.1) is 0 Å². The minimum absolute atomic E-state index is 0.0573. The van der Waals surface area contributed by atoms with Crippen LogP contribution in [0.5, 0.6) is 11.5 Å². The molecule has 2 aromatic rings. The highest BCUT2D eigenvalue weighted by Crippen LogP contribution is 2.32. The number of carbonyl (C=O) groups is 1. The van der Waals surface area contributed by atoms with E-state index in [0.717, 1.165) is 18.5 Å². The maximum Gasteiger partial charge on any atom is 0.417 e. The summed E-state index contributed by atoms with van der Waals surface area (Å²) >= 11 is 0. The van der Waals surface area contributed by atoms with Crippen molar-refractivity contribution in [2.24, 2.45) is 0 Å². The van der Waals surface area contributed by atoms with Crippen LogP contribution in [0.3, 0.4) is 0 Å². The smallest absolute Gasteiger partial charge is 0.417 e. The molecule has 1 N–H and O–H groups in total. The number of alkyl halides is 3. The number of benzene rings is 1. The summed E-state index contributed by atoms with van der Waals surface area (Å²) < 4.78 is 49.2. The third-order valence-corrected chi connectivity index (χ3v) is 3.33. The third kappa shape index (κ3) is 3.76. The topological polar surface area (TPSA) is 60.5 Å². The van der Waals surface area contributed by atoms with E-state index in [1.807, 2.05) is 0 Å². The molecule has 1 aromatic heterocycles. The largest absolute Gasteiger partial charge is 0.496 e. The molecule has 0 saturated heterocycles. The first-order chi connectivity index (χ1) is 11.4. The molecule has 0 aliphatic rings. The van der Waals surface area contributed by atoms with Crippen LogP contribution in [0.25, 0.3) is 0 Å². The SMILES string of the molecule is COc1cccc(OC)c1CNC(=O)c1cnccc1C(F)(F)F. The maximum absolute atomic E-state index is 13.0. The van der Waals surface area contributed by atoms with Gasteiger partial charge in [0.25, 0.3) is 5.91 Å². The molecule has 0 fully saturated rings. The number of hydrogen-bond donors (Lipinski definition) is 1. The highest BCUT2D eigenvalue weighted by molar-refractivity contribution is 5.95. The van der Waals surface area contributed by atoms with Crippen molar-refractivity contribution in [2.75, 3.05) is 14.2 Å². The number of carbonyl (C=O) groups excluding carboxylic acids is 1. The lowest BCUT2D eigenvalue weighted by Gasteiger charge is -2.15. The van der Waals surface area contributed by atoms with E-state index in [1.165, 1.54) is 14.2 Å². The van der Waals surface area contributed by atoms with Crippen LogP contribution in [0, 0.1) is 0 Å². The Labute approximate surface area is 136 Å². The summed E-state index contributed by atoms with van der Waals surface area (Å²) in [5.74, 6) is 0.0251. The first-order valence-electron chi connectivity index (χ1n) is 6.87. The number of ether oxygens (including phenoxy) is 2. The number of halogens is 3. The van der Waals surface area contributed by atoms with E-state index in [4.69, 9.17) is 9.47 Å². The molecule has 2 rings (SSSR count). The van der Waals surface area contributed by atoms with Crippen LogP contribution in [0.15, 0.2) is 36.7 Å². The van der Waals surface area contributed by atoms with E-state index in [-0.39, 0.29) is 6.54 Å². The molecule has 1 aromatic carbocycles. The van der Waals surface area contributed by atoms with E-state index in [2.05, 4.69) is 10.3 Å². The summed E-state index contributed by atoms with van der Waals surface area (Å²) in [5, 5.41) is 2.44. The van der Waals surface area contributed by atoms with Crippen LogP contribution in [0.4, 0.5) is 13.2 Å². The zero-order valence-electron chi connectivity index (χ0n) is 13.0. The van der Waals surface area contributed by atoms with Crippen molar-refractivity contribution in [2.45, 2.75) is 12.7 Å². The monoisotopic (exact) mass is 340 g/mol. The van der Waals surface area contributed by atoms with E-state index in [1.54, 1.807) is 18.2 Å². The lowest BCUT2D eigenvalue weighted by molar-refractivity contribution is -0.138. The van der Waals surface area contributed by atoms with Crippen LogP contribution in [-0.4, -0.2) is 25.1 Å². The highest BCUT2D eigenvalue weighted by atomic mass is 19.4. The number of nitrogens with zero attached hydrogens (tertiary/aromatic N) is 1. The zero-order valence-corrected chi connectivity index (χ0v) is 13.0. The van der Waals surface area contributed by atoms with Crippen LogP contribution in [-0.2, 0) is 12.7 Å². The molecule has 0 spiro atoms. The lowest BCUT2D eigenvalue weighted by Crippen LogP contribution is -2.26. The van der Waals surface area contributed by atoms with Gasteiger partial charge in [-0.3, -0.25) is 9.78 Å². The summed E-state index contributed by atoms with van der Waals surface area (Å²) in [5.41, 5.74) is -1.06. The number of rotatable bonds is 5. The second kappa shape index (κ2) is 7.20. The first kappa shape index (κ1) is 17.6. The highest BCUT2D eigenvalue weighted by Gasteiger charge is 2.35. The Kier molecular flexibility index (Phi) is 5.28. The van der Waals surface area contributed by atoms with Gasteiger partial charge < -0.3 is 14.8 Å². The number of methoxy groups -OCH3 is 2. The molecule has 0 saturated carbocycles. The molecule has 0 bridgehead atoms. The quantitative estimate of drug-likeness (QED) is 0.909. The fourth-order valence-electron chi connectivity index (χ4n) is 2.19. The van der Waals surface area contributed by atoms with Gasteiger partial charge in [0.1, 0.15) is 11.5 Å². The summed E-state index contributed by atoms with van der Waals surface area (Å²) in [7, 11) is 2.89. The van der Waals surface area contributed by atoms with Crippen LogP contribution >= 0.6 is 0 Å². The number of pyridine rings is 1. The number of aromatic nitrogens is 1. The molecule has 0 unspecified atom stereocenters. The molecular formula is C16H15F3N2O3. The molecule has 1 amide bonds. The molecule has 0 aliphatic carbocycles. The summed E-state index contributed by atoms with van der Waals surface area (Å²) in [6.07, 6.45) is -2.77. The zero-order chi connectivity index (χ0) is 17.7. The minimum atomic E-state index is -4.64. The fraction of sp³-hybridized carbons (Fsp3) is 0.250. The van der Waals surface area contributed by atoms with E-state index >= 15 is 0 Å². The van der Waals surface area contributed by atoms with Gasteiger partial charge in [-0.2, -0.15) is 13.2 Å². The lowest BCUT2D eigenvalue weighted by atomic mass is 10.1. The van der Waals surface area contributed by atoms with E-state index in [9.17, 15) is 18.0 Å². The van der Waals surface area contributed by atoms with Crippen LogP contribution in [0.2, 0.25) is 0 Å². The molecule has 0 radical (unpaired) electrons. The molecule has 1 heterocycles. The molecule has 0 atom stereocenters. The number of nitrogens with one attached hydrogen (secondary N) is 1. The number of amides is 1. The molecular weight excluding hydrogens is 325 g/mol. The first-order valence-corrected chi connectivity index (χ1v) is 6.87. The summed E-state index contributed by atoms with van der Waals surface area (Å²) in [6, 6.07) is 5.79. The Bertz CT molecular complexity index is 710. The second-order valence-electron chi connectivity index (χ2n) is 4.74. The minimum Gasteiger partial charge on any atom is -0.496 e. The van der Waals surface area contributed by atoms with Gasteiger partial charge in [0.05, 0.1) is 37.5 Å². The Morgan fingerprint density at radius 1 is 1.17 bits per heavy atom. The predicted molar refractivity (Wildman–Crippen MR) is 80.0 cm³/mol. The predicted octanol–water partition coefficient (Wildman–Crippen LogP) is 3.05. The van der Waals surface area contributed by atoms with Crippen molar-refractivity contribution < 1.29 is 27.4 Å². The summed E-state index contributed by atoms with van der Waals surface area (Å²) in [6.45, 7) is -0.0573. The van der Waals surface area contributed by atoms with Crippen molar-refractivity contribution in [1.29, 1.82) is 0 Å². The van der Waals surface area contributed by atoms with Crippen molar-refractivity contribution >= 4 is 5.91 Å². The average molecular weight is 340 g/mol. The van der Waals surface area contributed by atoms with Crippen molar-refractivity contribution in [3.05, 3.63) is 53.3 Å². The average Bonchev–Trinajstić information content (AvgIpc) is 2.58. The van der Waals surface area contributed by atoms with Gasteiger partial charge >= 0.3 is 6.18 Å². The van der Waals surface area contributed by atoms with Crippen molar-refractivity contribution in [1.82, 2.24) is 10.3 Å². The molecule has 8 heteroatoms. The Balaban J connectivity index is 2.24. The van der Waals surface area contributed by atoms with Crippen molar-refractivity contribution in [3.63, 3.8) is 0 Å². The normalized spacial score (nSPS) is 11.0.